The number of H-pyrrole nitrogens is 1. The van der Waals surface area contributed by atoms with Gasteiger partial charge in [-0.15, -0.1) is 0 Å². The van der Waals surface area contributed by atoms with E-state index in [-0.39, 0.29) is 5.69 Å². The lowest BCUT2D eigenvalue weighted by atomic mass is 10.1. The Balaban J connectivity index is 1.68. The number of allylic oxidation sites excluding steroid dienone is 1. The number of hydrogen-bond acceptors (Lipinski definition) is 3. The van der Waals surface area contributed by atoms with E-state index in [1.54, 1.807) is 24.5 Å². The molecule has 0 saturated heterocycles. The molecule has 0 unspecified atom stereocenters. The smallest absolute Gasteiger partial charge is 0.354 e. The van der Waals surface area contributed by atoms with Gasteiger partial charge in [-0.25, -0.2) is 4.98 Å². The Morgan fingerprint density at radius 3 is 2.72 bits per heavy atom. The zero-order chi connectivity index (χ0) is 17.4. The number of alkyl halides is 3. The van der Waals surface area contributed by atoms with Crippen LogP contribution in [0, 0.1) is 0 Å². The van der Waals surface area contributed by atoms with Crippen LogP contribution in [-0.2, 0) is 6.18 Å². The third-order valence-corrected chi connectivity index (χ3v) is 3.96. The van der Waals surface area contributed by atoms with E-state index in [4.69, 9.17) is 0 Å². The summed E-state index contributed by atoms with van der Waals surface area (Å²) in [5.41, 5.74) is 1.94. The maximum absolute atomic E-state index is 13.1. The second-order valence-electron chi connectivity index (χ2n) is 5.66. The predicted molar refractivity (Wildman–Crippen MR) is 92.2 cm³/mol. The van der Waals surface area contributed by atoms with Crippen LogP contribution >= 0.6 is 0 Å². The van der Waals surface area contributed by atoms with Crippen molar-refractivity contribution in [1.29, 1.82) is 0 Å². The number of para-hydroxylation sites is 1. The molecule has 126 valence electrons. The van der Waals surface area contributed by atoms with Crippen LogP contribution in [0.5, 0.6) is 0 Å². The molecule has 0 fully saturated rings. The van der Waals surface area contributed by atoms with Crippen LogP contribution in [0.25, 0.3) is 16.5 Å². The molecule has 7 heteroatoms. The quantitative estimate of drug-likeness (QED) is 0.719. The average molecular weight is 342 g/mol. The number of aromatic amines is 1. The second kappa shape index (κ2) is 5.77. The molecule has 2 aromatic heterocycles. The summed E-state index contributed by atoms with van der Waals surface area (Å²) in [4.78, 5) is 11.6. The van der Waals surface area contributed by atoms with E-state index in [1.807, 2.05) is 12.1 Å². The first-order valence-corrected chi connectivity index (χ1v) is 7.63. The largest absolute Gasteiger partial charge is 0.418 e. The highest BCUT2D eigenvalue weighted by molar-refractivity contribution is 6.12. The number of anilines is 2. The molecule has 4 nitrogen and oxygen atoms in total. The van der Waals surface area contributed by atoms with E-state index in [2.05, 4.69) is 20.3 Å². The third kappa shape index (κ3) is 3.00. The molecule has 1 aromatic carbocycles. The lowest BCUT2D eigenvalue weighted by molar-refractivity contribution is -0.136. The Hall–Kier alpha value is -3.09. The van der Waals surface area contributed by atoms with E-state index in [1.165, 1.54) is 12.1 Å². The number of pyridine rings is 1. The molecule has 0 atom stereocenters. The maximum atomic E-state index is 13.1. The summed E-state index contributed by atoms with van der Waals surface area (Å²) in [6.45, 7) is 0.657. The predicted octanol–water partition coefficient (Wildman–Crippen LogP) is 4.79. The summed E-state index contributed by atoms with van der Waals surface area (Å²) in [7, 11) is 0. The molecule has 1 aliphatic heterocycles. The minimum atomic E-state index is -4.43. The van der Waals surface area contributed by atoms with E-state index in [0.717, 1.165) is 28.2 Å². The van der Waals surface area contributed by atoms with Crippen molar-refractivity contribution >= 4 is 34.2 Å². The number of halogens is 3. The van der Waals surface area contributed by atoms with Gasteiger partial charge in [0.05, 0.1) is 23.3 Å². The van der Waals surface area contributed by atoms with Crippen molar-refractivity contribution in [3.05, 3.63) is 59.9 Å². The number of aliphatic imine (C=N–C) groups is 1. The van der Waals surface area contributed by atoms with Crippen LogP contribution in [0.3, 0.4) is 0 Å². The average Bonchev–Trinajstić information content (AvgIpc) is 3.23. The lowest BCUT2D eigenvalue weighted by Crippen LogP contribution is -2.08. The summed E-state index contributed by atoms with van der Waals surface area (Å²) in [5, 5.41) is 3.64. The van der Waals surface area contributed by atoms with Gasteiger partial charge >= 0.3 is 6.18 Å². The third-order valence-electron chi connectivity index (χ3n) is 3.96. The number of benzene rings is 1. The molecular weight excluding hydrogens is 329 g/mol. The summed E-state index contributed by atoms with van der Waals surface area (Å²) < 4.78 is 39.3. The number of hydrogen-bond donors (Lipinski definition) is 2. The molecule has 3 heterocycles. The van der Waals surface area contributed by atoms with Gasteiger partial charge in [-0.05, 0) is 18.2 Å². The summed E-state index contributed by atoms with van der Waals surface area (Å²) in [5.74, 6) is 0.340. The van der Waals surface area contributed by atoms with E-state index in [9.17, 15) is 13.2 Å². The van der Waals surface area contributed by atoms with Crippen molar-refractivity contribution in [3.8, 4) is 0 Å². The van der Waals surface area contributed by atoms with Crippen LogP contribution < -0.4 is 5.32 Å². The maximum Gasteiger partial charge on any atom is 0.418 e. The summed E-state index contributed by atoms with van der Waals surface area (Å²) in [6.07, 6.45) is 0.982. The fourth-order valence-corrected chi connectivity index (χ4v) is 2.76. The standard InChI is InChI=1S/C18H13F3N4/c19-18(20,21)13-3-1-2-4-14(13)25-17-8-16-12(10-23-17)7-15(24-16)11-5-6-22-9-11/h1-5,7-10,24H,6H2,(H,23,25). The highest BCUT2D eigenvalue weighted by Crippen LogP contribution is 2.35. The van der Waals surface area contributed by atoms with Gasteiger partial charge in [0, 0.05) is 35.1 Å². The number of fused-ring (bicyclic) bond motifs is 1. The van der Waals surface area contributed by atoms with Gasteiger partial charge in [0.1, 0.15) is 5.82 Å². The zero-order valence-electron chi connectivity index (χ0n) is 12.9. The van der Waals surface area contributed by atoms with Gasteiger partial charge in [-0.1, -0.05) is 18.2 Å². The van der Waals surface area contributed by atoms with Crippen molar-refractivity contribution in [2.75, 3.05) is 11.9 Å². The monoisotopic (exact) mass is 342 g/mol. The summed E-state index contributed by atoms with van der Waals surface area (Å²) >= 11 is 0. The molecule has 0 aliphatic carbocycles. The van der Waals surface area contributed by atoms with Crippen LogP contribution in [0.1, 0.15) is 11.3 Å². The topological polar surface area (TPSA) is 53.1 Å². The minimum Gasteiger partial charge on any atom is -0.354 e. The Kier molecular flexibility index (Phi) is 3.56. The molecule has 0 radical (unpaired) electrons. The van der Waals surface area contributed by atoms with E-state index >= 15 is 0 Å². The Labute approximate surface area is 141 Å². The fraction of sp³-hybridized carbons (Fsp3) is 0.111. The van der Waals surface area contributed by atoms with Gasteiger partial charge in [-0.2, -0.15) is 13.2 Å². The zero-order valence-corrected chi connectivity index (χ0v) is 12.9. The fourth-order valence-electron chi connectivity index (χ4n) is 2.76. The molecule has 2 N–H and O–H groups in total. The molecule has 4 rings (SSSR count). The molecular formula is C18H13F3N4. The molecule has 0 amide bonds. The van der Waals surface area contributed by atoms with Gasteiger partial charge < -0.3 is 10.3 Å². The Morgan fingerprint density at radius 2 is 1.96 bits per heavy atom. The highest BCUT2D eigenvalue weighted by atomic mass is 19.4. The first kappa shape index (κ1) is 15.4. The minimum absolute atomic E-state index is 0.0285. The Morgan fingerprint density at radius 1 is 1.12 bits per heavy atom. The number of nitrogens with zero attached hydrogens (tertiary/aromatic N) is 2. The van der Waals surface area contributed by atoms with E-state index < -0.39 is 11.7 Å². The van der Waals surface area contributed by atoms with Gasteiger partial charge in [0.15, 0.2) is 0 Å². The van der Waals surface area contributed by atoms with Crippen molar-refractivity contribution in [2.45, 2.75) is 6.18 Å². The van der Waals surface area contributed by atoms with Crippen LogP contribution in [-0.4, -0.2) is 22.7 Å². The van der Waals surface area contributed by atoms with Crippen molar-refractivity contribution in [3.63, 3.8) is 0 Å². The van der Waals surface area contributed by atoms with Gasteiger partial charge in [0.25, 0.3) is 0 Å². The van der Waals surface area contributed by atoms with Crippen molar-refractivity contribution < 1.29 is 13.2 Å². The Bertz CT molecular complexity index is 999. The first-order valence-electron chi connectivity index (χ1n) is 7.63. The van der Waals surface area contributed by atoms with Gasteiger partial charge in [0.2, 0.25) is 0 Å². The second-order valence-corrected chi connectivity index (χ2v) is 5.66. The van der Waals surface area contributed by atoms with Crippen LogP contribution in [0.2, 0.25) is 0 Å². The van der Waals surface area contributed by atoms with Crippen molar-refractivity contribution in [1.82, 2.24) is 9.97 Å². The van der Waals surface area contributed by atoms with Crippen LogP contribution in [0.15, 0.2) is 53.7 Å². The number of rotatable bonds is 3. The van der Waals surface area contributed by atoms with E-state index in [0.29, 0.717) is 12.4 Å². The SMILES string of the molecule is FC(F)(F)c1ccccc1Nc1cc2[nH]c(C3=CCN=C3)cc2cn1. The molecule has 1 aliphatic rings. The number of nitrogens with one attached hydrogen (secondary N) is 2. The molecule has 0 saturated carbocycles. The van der Waals surface area contributed by atoms with Crippen molar-refractivity contribution in [2.24, 2.45) is 4.99 Å². The molecule has 0 spiro atoms. The molecule has 25 heavy (non-hydrogen) atoms. The first-order chi connectivity index (χ1) is 12.0. The van der Waals surface area contributed by atoms with Gasteiger partial charge in [-0.3, -0.25) is 4.99 Å². The molecule has 3 aromatic rings. The lowest BCUT2D eigenvalue weighted by Gasteiger charge is -2.13. The van der Waals surface area contributed by atoms with Crippen LogP contribution in [0.4, 0.5) is 24.7 Å². The number of aromatic nitrogens is 2. The highest BCUT2D eigenvalue weighted by Gasteiger charge is 2.33. The molecule has 0 bridgehead atoms. The normalized spacial score (nSPS) is 14.1. The summed E-state index contributed by atoms with van der Waals surface area (Å²) in [6, 6.07) is 8.97.